The first kappa shape index (κ1) is 17.7. The highest BCUT2D eigenvalue weighted by molar-refractivity contribution is 6.22. The third kappa shape index (κ3) is 3.18. The molecule has 0 aromatic heterocycles. The van der Waals surface area contributed by atoms with Crippen LogP contribution in [-0.4, -0.2) is 34.4 Å². The maximum absolute atomic E-state index is 12.4. The summed E-state index contributed by atoms with van der Waals surface area (Å²) in [6.07, 6.45) is 1.76. The molecule has 1 heterocycles. The normalized spacial score (nSPS) is 14.5. The number of esters is 1. The number of carbonyl (C=O) groups excluding carboxylic acids is 1. The summed E-state index contributed by atoms with van der Waals surface area (Å²) in [5.41, 5.74) is 2.85. The molecule has 0 spiro atoms. The molecule has 0 saturated carbocycles. The van der Waals surface area contributed by atoms with Gasteiger partial charge in [-0.15, -0.1) is 0 Å². The van der Waals surface area contributed by atoms with E-state index in [1.807, 2.05) is 12.1 Å². The lowest BCUT2D eigenvalue weighted by molar-refractivity contribution is -0.138. The molecule has 6 nitrogen and oxygen atoms in total. The average molecular weight is 356 g/mol. The molecule has 0 bridgehead atoms. The zero-order chi connectivity index (χ0) is 18.7. The Morgan fingerprint density at radius 2 is 1.46 bits per heavy atom. The van der Waals surface area contributed by atoms with Crippen LogP contribution in [0.4, 0.5) is 0 Å². The van der Waals surface area contributed by atoms with E-state index < -0.39 is 0 Å². The average Bonchev–Trinajstić information content (AvgIpc) is 2.68. The van der Waals surface area contributed by atoms with Gasteiger partial charge in [-0.2, -0.15) is 0 Å². The first-order valence-electron chi connectivity index (χ1n) is 7.97. The summed E-state index contributed by atoms with van der Waals surface area (Å²) in [6, 6.07) is 9.05. The second-order valence-corrected chi connectivity index (χ2v) is 5.61. The van der Waals surface area contributed by atoms with Gasteiger partial charge in [-0.3, -0.25) is 0 Å². The molecule has 0 radical (unpaired) electrons. The molecule has 1 aliphatic heterocycles. The van der Waals surface area contributed by atoms with Crippen LogP contribution < -0.4 is 18.9 Å². The van der Waals surface area contributed by atoms with Crippen molar-refractivity contribution in [2.24, 2.45) is 0 Å². The Morgan fingerprint density at radius 3 is 2.12 bits per heavy atom. The standard InChI is InChI=1S/C20H20O6/c1-22-16-6-5-12(8-17(16)23-2)7-15-14-10-19(25-4)18(24-3)9-13(14)11-26-20(15)21/h5-10H,11H2,1-4H3/b15-7-. The van der Waals surface area contributed by atoms with Gasteiger partial charge in [-0.25, -0.2) is 4.79 Å². The van der Waals surface area contributed by atoms with Crippen molar-refractivity contribution in [2.45, 2.75) is 6.61 Å². The van der Waals surface area contributed by atoms with Crippen LogP contribution in [0, 0.1) is 0 Å². The van der Waals surface area contributed by atoms with Crippen LogP contribution in [0.25, 0.3) is 11.6 Å². The Balaban J connectivity index is 2.11. The van der Waals surface area contributed by atoms with Crippen molar-refractivity contribution in [3.8, 4) is 23.0 Å². The van der Waals surface area contributed by atoms with Crippen LogP contribution in [0.15, 0.2) is 30.3 Å². The zero-order valence-electron chi connectivity index (χ0n) is 15.1. The molecule has 136 valence electrons. The molecular formula is C20H20O6. The van der Waals surface area contributed by atoms with Gasteiger partial charge in [0.25, 0.3) is 0 Å². The molecule has 0 aliphatic carbocycles. The van der Waals surface area contributed by atoms with E-state index in [2.05, 4.69) is 0 Å². The van der Waals surface area contributed by atoms with E-state index in [4.69, 9.17) is 23.7 Å². The molecular weight excluding hydrogens is 336 g/mol. The highest BCUT2D eigenvalue weighted by Crippen LogP contribution is 2.38. The predicted octanol–water partition coefficient (Wildman–Crippen LogP) is 3.32. The highest BCUT2D eigenvalue weighted by Gasteiger charge is 2.25. The monoisotopic (exact) mass is 356 g/mol. The zero-order valence-corrected chi connectivity index (χ0v) is 15.1. The van der Waals surface area contributed by atoms with Crippen LogP contribution in [0.5, 0.6) is 23.0 Å². The predicted molar refractivity (Wildman–Crippen MR) is 96.8 cm³/mol. The van der Waals surface area contributed by atoms with Crippen molar-refractivity contribution in [3.63, 3.8) is 0 Å². The van der Waals surface area contributed by atoms with Gasteiger partial charge in [0.1, 0.15) is 6.61 Å². The Hall–Kier alpha value is -3.15. The van der Waals surface area contributed by atoms with Crippen LogP contribution in [0.2, 0.25) is 0 Å². The van der Waals surface area contributed by atoms with E-state index in [-0.39, 0.29) is 12.6 Å². The minimum atomic E-state index is -0.389. The molecule has 0 saturated heterocycles. The van der Waals surface area contributed by atoms with Crippen LogP contribution >= 0.6 is 0 Å². The third-order valence-corrected chi connectivity index (χ3v) is 4.20. The van der Waals surface area contributed by atoms with Crippen molar-refractivity contribution in [1.29, 1.82) is 0 Å². The second kappa shape index (κ2) is 7.39. The quantitative estimate of drug-likeness (QED) is 0.605. The summed E-state index contributed by atoms with van der Waals surface area (Å²) >= 11 is 0. The Bertz CT molecular complexity index is 869. The van der Waals surface area contributed by atoms with E-state index in [1.54, 1.807) is 52.7 Å². The van der Waals surface area contributed by atoms with E-state index in [9.17, 15) is 4.79 Å². The van der Waals surface area contributed by atoms with E-state index in [0.717, 1.165) is 16.7 Å². The Kier molecular flexibility index (Phi) is 5.02. The number of hydrogen-bond donors (Lipinski definition) is 0. The number of cyclic esters (lactones) is 1. The smallest absolute Gasteiger partial charge is 0.339 e. The number of hydrogen-bond acceptors (Lipinski definition) is 6. The van der Waals surface area contributed by atoms with E-state index >= 15 is 0 Å². The van der Waals surface area contributed by atoms with Crippen molar-refractivity contribution in [1.82, 2.24) is 0 Å². The topological polar surface area (TPSA) is 63.2 Å². The van der Waals surface area contributed by atoms with Crippen molar-refractivity contribution < 1.29 is 28.5 Å². The van der Waals surface area contributed by atoms with Gasteiger partial charge in [-0.05, 0) is 41.5 Å². The maximum atomic E-state index is 12.4. The van der Waals surface area contributed by atoms with Gasteiger partial charge in [0.2, 0.25) is 0 Å². The minimum absolute atomic E-state index is 0.192. The molecule has 26 heavy (non-hydrogen) atoms. The van der Waals surface area contributed by atoms with Gasteiger partial charge in [0.05, 0.1) is 34.0 Å². The molecule has 0 amide bonds. The van der Waals surface area contributed by atoms with Crippen molar-refractivity contribution in [2.75, 3.05) is 28.4 Å². The van der Waals surface area contributed by atoms with Gasteiger partial charge >= 0.3 is 5.97 Å². The molecule has 0 unspecified atom stereocenters. The summed E-state index contributed by atoms with van der Waals surface area (Å²) in [7, 11) is 6.27. The number of carbonyl (C=O) groups is 1. The minimum Gasteiger partial charge on any atom is -0.493 e. The SMILES string of the molecule is COc1ccc(/C=C2\C(=O)OCc3cc(OC)c(OC)cc32)cc1OC. The summed E-state index contributed by atoms with van der Waals surface area (Å²) in [6.45, 7) is 0.192. The third-order valence-electron chi connectivity index (χ3n) is 4.20. The second-order valence-electron chi connectivity index (χ2n) is 5.61. The van der Waals surface area contributed by atoms with Crippen molar-refractivity contribution in [3.05, 3.63) is 47.0 Å². The lowest BCUT2D eigenvalue weighted by atomic mass is 9.95. The Labute approximate surface area is 151 Å². The summed E-state index contributed by atoms with van der Waals surface area (Å²) < 4.78 is 26.6. The molecule has 0 N–H and O–H groups in total. The van der Waals surface area contributed by atoms with Gasteiger partial charge in [0, 0.05) is 5.56 Å². The van der Waals surface area contributed by atoms with Gasteiger partial charge in [-0.1, -0.05) is 6.07 Å². The lowest BCUT2D eigenvalue weighted by Gasteiger charge is -2.21. The van der Waals surface area contributed by atoms with Crippen LogP contribution in [-0.2, 0) is 16.1 Å². The molecule has 2 aromatic rings. The molecule has 2 aromatic carbocycles. The molecule has 3 rings (SSSR count). The molecule has 0 fully saturated rings. The summed E-state index contributed by atoms with van der Waals surface area (Å²) in [5.74, 6) is 1.96. The molecule has 1 aliphatic rings. The van der Waals surface area contributed by atoms with Crippen LogP contribution in [0.1, 0.15) is 16.7 Å². The molecule has 0 atom stereocenters. The largest absolute Gasteiger partial charge is 0.493 e. The summed E-state index contributed by atoms with van der Waals surface area (Å²) in [4.78, 5) is 12.4. The lowest BCUT2D eigenvalue weighted by Crippen LogP contribution is -2.15. The first-order valence-corrected chi connectivity index (χ1v) is 7.97. The molecule has 6 heteroatoms. The first-order chi connectivity index (χ1) is 12.6. The number of ether oxygens (including phenoxy) is 5. The number of benzene rings is 2. The van der Waals surface area contributed by atoms with E-state index in [1.165, 1.54) is 0 Å². The van der Waals surface area contributed by atoms with Crippen molar-refractivity contribution >= 4 is 17.6 Å². The Morgan fingerprint density at radius 1 is 0.846 bits per heavy atom. The number of rotatable bonds is 5. The summed E-state index contributed by atoms with van der Waals surface area (Å²) in [5, 5.41) is 0. The fourth-order valence-electron chi connectivity index (χ4n) is 2.87. The van der Waals surface area contributed by atoms with E-state index in [0.29, 0.717) is 28.6 Å². The van der Waals surface area contributed by atoms with Gasteiger partial charge < -0.3 is 23.7 Å². The van der Waals surface area contributed by atoms with Crippen LogP contribution in [0.3, 0.4) is 0 Å². The fourth-order valence-corrected chi connectivity index (χ4v) is 2.87. The maximum Gasteiger partial charge on any atom is 0.339 e. The highest BCUT2D eigenvalue weighted by atomic mass is 16.5. The number of methoxy groups -OCH3 is 4. The number of fused-ring (bicyclic) bond motifs is 1. The fraction of sp³-hybridized carbons (Fsp3) is 0.250. The van der Waals surface area contributed by atoms with Gasteiger partial charge in [0.15, 0.2) is 23.0 Å².